The van der Waals surface area contributed by atoms with Gasteiger partial charge in [-0.3, -0.25) is 9.59 Å². The highest BCUT2D eigenvalue weighted by molar-refractivity contribution is 5.73. The molecule has 2 atom stereocenters. The molecular weight excluding hydrogens is 343 g/mol. The van der Waals surface area contributed by atoms with Gasteiger partial charge >= 0.3 is 11.9 Å². The maximum Gasteiger partial charge on any atom is 0.307 e. The lowest BCUT2D eigenvalue weighted by Gasteiger charge is -2.26. The molecule has 1 aliphatic carbocycles. The van der Waals surface area contributed by atoms with Gasteiger partial charge in [-0.15, -0.1) is 0 Å². The molecule has 0 bridgehead atoms. The van der Waals surface area contributed by atoms with E-state index in [0.717, 1.165) is 0 Å². The van der Waals surface area contributed by atoms with Gasteiger partial charge in [0.2, 0.25) is 0 Å². The van der Waals surface area contributed by atoms with E-state index in [4.69, 9.17) is 9.47 Å². The van der Waals surface area contributed by atoms with Crippen molar-refractivity contribution in [1.29, 1.82) is 0 Å². The standard InChI is InChI=1S/C17H19FN4O4/c1-9-14-16(20-7-19-9)22(8-21-14)13-5-12(6-25-10(2)23)15(17(13,4)18)26-11(3)24/h7-8,13H,5-6H2,1-4H3/t13-,17?/m1/s1. The number of nitrogens with zero attached hydrogens (tertiary/aromatic N) is 4. The summed E-state index contributed by atoms with van der Waals surface area (Å²) in [7, 11) is 0. The van der Waals surface area contributed by atoms with E-state index in [1.54, 1.807) is 11.5 Å². The minimum Gasteiger partial charge on any atom is -0.461 e. The van der Waals surface area contributed by atoms with Crippen molar-refractivity contribution < 1.29 is 23.5 Å². The number of rotatable bonds is 4. The van der Waals surface area contributed by atoms with Gasteiger partial charge in [0.25, 0.3) is 0 Å². The highest BCUT2D eigenvalue weighted by Gasteiger charge is 2.50. The van der Waals surface area contributed by atoms with E-state index in [0.29, 0.717) is 22.4 Å². The zero-order valence-corrected chi connectivity index (χ0v) is 14.9. The third-order valence-electron chi connectivity index (χ3n) is 4.40. The highest BCUT2D eigenvalue weighted by Crippen LogP contribution is 2.47. The molecule has 0 radical (unpaired) electrons. The number of alkyl halides is 1. The summed E-state index contributed by atoms with van der Waals surface area (Å²) in [6.45, 7) is 5.43. The average Bonchev–Trinajstić information content (AvgIpc) is 3.06. The minimum atomic E-state index is -2.01. The summed E-state index contributed by atoms with van der Waals surface area (Å²) >= 11 is 0. The predicted molar refractivity (Wildman–Crippen MR) is 88.7 cm³/mol. The van der Waals surface area contributed by atoms with Crippen LogP contribution in [0.25, 0.3) is 11.2 Å². The van der Waals surface area contributed by atoms with Crippen molar-refractivity contribution in [2.75, 3.05) is 6.61 Å². The van der Waals surface area contributed by atoms with Crippen LogP contribution in [-0.2, 0) is 19.1 Å². The van der Waals surface area contributed by atoms with Crippen LogP contribution in [0, 0.1) is 6.92 Å². The Hall–Kier alpha value is -2.84. The zero-order valence-electron chi connectivity index (χ0n) is 14.9. The summed E-state index contributed by atoms with van der Waals surface area (Å²) in [5.74, 6) is -1.26. The third-order valence-corrected chi connectivity index (χ3v) is 4.40. The molecule has 0 aromatic carbocycles. The molecule has 0 fully saturated rings. The number of halogens is 1. The van der Waals surface area contributed by atoms with E-state index in [1.165, 1.54) is 33.4 Å². The van der Waals surface area contributed by atoms with Gasteiger partial charge in [-0.2, -0.15) is 0 Å². The van der Waals surface area contributed by atoms with Crippen molar-refractivity contribution in [2.45, 2.75) is 45.8 Å². The van der Waals surface area contributed by atoms with Gasteiger partial charge in [0, 0.05) is 19.4 Å². The van der Waals surface area contributed by atoms with E-state index in [-0.39, 0.29) is 18.8 Å². The van der Waals surface area contributed by atoms with Gasteiger partial charge in [0.05, 0.1) is 18.1 Å². The average molecular weight is 362 g/mol. The number of aromatic nitrogens is 4. The summed E-state index contributed by atoms with van der Waals surface area (Å²) in [6.07, 6.45) is 3.08. The predicted octanol–water partition coefficient (Wildman–Crippen LogP) is 2.19. The maximum absolute atomic E-state index is 15.7. The van der Waals surface area contributed by atoms with Crippen molar-refractivity contribution in [3.8, 4) is 0 Å². The van der Waals surface area contributed by atoms with Crippen molar-refractivity contribution in [1.82, 2.24) is 19.5 Å². The molecule has 1 unspecified atom stereocenters. The molecular formula is C17H19FN4O4. The van der Waals surface area contributed by atoms with Crippen LogP contribution in [-0.4, -0.2) is 43.7 Å². The molecule has 0 saturated heterocycles. The fourth-order valence-corrected chi connectivity index (χ4v) is 3.20. The van der Waals surface area contributed by atoms with E-state index >= 15 is 4.39 Å². The number of aryl methyl sites for hydroxylation is 1. The van der Waals surface area contributed by atoms with Gasteiger partial charge in [0.15, 0.2) is 11.3 Å². The number of fused-ring (bicyclic) bond motifs is 1. The summed E-state index contributed by atoms with van der Waals surface area (Å²) in [6, 6.07) is -0.748. The second-order valence-electron chi connectivity index (χ2n) is 6.39. The topological polar surface area (TPSA) is 96.2 Å². The first-order chi connectivity index (χ1) is 12.2. The van der Waals surface area contributed by atoms with Crippen LogP contribution >= 0.6 is 0 Å². The Morgan fingerprint density at radius 3 is 2.69 bits per heavy atom. The molecule has 138 valence electrons. The molecule has 0 amide bonds. The quantitative estimate of drug-likeness (QED) is 0.769. The fourth-order valence-electron chi connectivity index (χ4n) is 3.20. The van der Waals surface area contributed by atoms with Crippen LogP contribution in [0.1, 0.15) is 38.9 Å². The van der Waals surface area contributed by atoms with E-state index in [1.807, 2.05) is 0 Å². The molecule has 0 saturated carbocycles. The summed E-state index contributed by atoms with van der Waals surface area (Å²) in [5, 5.41) is 0. The monoisotopic (exact) mass is 362 g/mol. The van der Waals surface area contributed by atoms with Crippen molar-refractivity contribution >= 4 is 23.1 Å². The highest BCUT2D eigenvalue weighted by atomic mass is 19.1. The Morgan fingerprint density at radius 2 is 2.04 bits per heavy atom. The molecule has 8 nitrogen and oxygen atoms in total. The second-order valence-corrected chi connectivity index (χ2v) is 6.39. The first-order valence-electron chi connectivity index (χ1n) is 8.09. The van der Waals surface area contributed by atoms with Crippen molar-refractivity contribution in [2.24, 2.45) is 0 Å². The lowest BCUT2D eigenvalue weighted by Crippen LogP contribution is -2.31. The SMILES string of the molecule is CC(=O)OCC1=C(OC(C)=O)C(C)(F)[C@H](n2cnc3c(C)ncnc32)C1. The molecule has 1 aliphatic rings. The van der Waals surface area contributed by atoms with Gasteiger partial charge in [-0.1, -0.05) is 0 Å². The molecule has 9 heteroatoms. The summed E-state index contributed by atoms with van der Waals surface area (Å²) < 4.78 is 27.4. The van der Waals surface area contributed by atoms with Crippen LogP contribution in [0.3, 0.4) is 0 Å². The molecule has 0 aliphatic heterocycles. The van der Waals surface area contributed by atoms with E-state index in [2.05, 4.69) is 15.0 Å². The number of imidazole rings is 1. The van der Waals surface area contributed by atoms with Gasteiger partial charge in [-0.05, 0) is 20.3 Å². The Bertz CT molecular complexity index is 919. The number of ether oxygens (including phenoxy) is 2. The van der Waals surface area contributed by atoms with Gasteiger partial charge in [-0.25, -0.2) is 19.3 Å². The van der Waals surface area contributed by atoms with Crippen LogP contribution in [0.2, 0.25) is 0 Å². The lowest BCUT2D eigenvalue weighted by atomic mass is 10.0. The van der Waals surface area contributed by atoms with Crippen LogP contribution < -0.4 is 0 Å². The minimum absolute atomic E-state index is 0.121. The number of esters is 2. The molecule has 3 rings (SSSR count). The molecule has 2 aromatic rings. The van der Waals surface area contributed by atoms with Gasteiger partial charge < -0.3 is 14.0 Å². The number of hydrogen-bond donors (Lipinski definition) is 0. The normalized spacial score (nSPS) is 22.7. The van der Waals surface area contributed by atoms with Crippen LogP contribution in [0.4, 0.5) is 4.39 Å². The Balaban J connectivity index is 2.03. The largest absolute Gasteiger partial charge is 0.461 e. The number of carbonyl (C=O) groups excluding carboxylic acids is 2. The summed E-state index contributed by atoms with van der Waals surface area (Å²) in [5.41, 5.74) is 0.153. The Morgan fingerprint density at radius 1 is 1.31 bits per heavy atom. The van der Waals surface area contributed by atoms with Crippen LogP contribution in [0.5, 0.6) is 0 Å². The Kier molecular flexibility index (Phi) is 4.47. The molecule has 0 N–H and O–H groups in total. The first kappa shape index (κ1) is 18.0. The Labute approximate surface area is 149 Å². The second kappa shape index (κ2) is 6.47. The molecule has 26 heavy (non-hydrogen) atoms. The lowest BCUT2D eigenvalue weighted by molar-refractivity contribution is -0.140. The van der Waals surface area contributed by atoms with Gasteiger partial charge in [0.1, 0.15) is 24.2 Å². The van der Waals surface area contributed by atoms with E-state index in [9.17, 15) is 9.59 Å². The molecule has 2 aromatic heterocycles. The van der Waals surface area contributed by atoms with E-state index < -0.39 is 23.6 Å². The maximum atomic E-state index is 15.7. The zero-order chi connectivity index (χ0) is 19.1. The third kappa shape index (κ3) is 3.04. The number of carbonyl (C=O) groups is 2. The van der Waals surface area contributed by atoms with Crippen LogP contribution in [0.15, 0.2) is 24.0 Å². The summed E-state index contributed by atoms with van der Waals surface area (Å²) in [4.78, 5) is 35.2. The number of hydrogen-bond acceptors (Lipinski definition) is 7. The molecule has 2 heterocycles. The fraction of sp³-hybridized carbons (Fsp3) is 0.471. The number of allylic oxidation sites excluding steroid dienone is 1. The van der Waals surface area contributed by atoms with Crippen molar-refractivity contribution in [3.05, 3.63) is 29.7 Å². The first-order valence-corrected chi connectivity index (χ1v) is 8.09. The van der Waals surface area contributed by atoms with Crippen molar-refractivity contribution in [3.63, 3.8) is 0 Å². The smallest absolute Gasteiger partial charge is 0.307 e. The molecule has 0 spiro atoms.